The first-order valence-electron chi connectivity index (χ1n) is 8.09. The summed E-state index contributed by atoms with van der Waals surface area (Å²) in [5.74, 6) is 0.184. The highest BCUT2D eigenvalue weighted by atomic mass is 127. The molecular weight excluding hydrogens is 443 g/mol. The summed E-state index contributed by atoms with van der Waals surface area (Å²) in [6, 6.07) is 15.2. The van der Waals surface area contributed by atoms with E-state index in [9.17, 15) is 4.79 Å². The highest BCUT2D eigenvalue weighted by Crippen LogP contribution is 2.15. The van der Waals surface area contributed by atoms with Crippen LogP contribution in [0.2, 0.25) is 0 Å². The maximum atomic E-state index is 12.0. The van der Waals surface area contributed by atoms with E-state index < -0.39 is 0 Å². The number of nitrogens with one attached hydrogen (secondary N) is 2. The first kappa shape index (κ1) is 21.9. The fraction of sp³-hybridized carbons (Fsp3) is 0.263. The van der Waals surface area contributed by atoms with Crippen molar-refractivity contribution in [1.82, 2.24) is 5.32 Å². The van der Waals surface area contributed by atoms with E-state index in [1.54, 1.807) is 13.2 Å². The molecule has 6 nitrogen and oxygen atoms in total. The van der Waals surface area contributed by atoms with E-state index in [0.29, 0.717) is 31.2 Å². The highest BCUT2D eigenvalue weighted by molar-refractivity contribution is 14.0. The van der Waals surface area contributed by atoms with Crippen molar-refractivity contribution in [2.75, 3.05) is 25.5 Å². The molecular formula is C19H25IN4O2. The van der Waals surface area contributed by atoms with Crippen LogP contribution < -0.4 is 16.4 Å². The van der Waals surface area contributed by atoms with E-state index in [4.69, 9.17) is 10.5 Å². The second-order valence-corrected chi connectivity index (χ2v) is 5.61. The third kappa shape index (κ3) is 7.01. The summed E-state index contributed by atoms with van der Waals surface area (Å²) in [6.45, 7) is 3.25. The lowest BCUT2D eigenvalue weighted by molar-refractivity contribution is 0.0954. The van der Waals surface area contributed by atoms with Crippen LogP contribution in [0.15, 0.2) is 53.5 Å². The van der Waals surface area contributed by atoms with Gasteiger partial charge in [0.25, 0.3) is 5.91 Å². The number of methoxy groups -OCH3 is 1. The molecule has 0 spiro atoms. The summed E-state index contributed by atoms with van der Waals surface area (Å²) in [4.78, 5) is 16.3. The number of nitrogens with zero attached hydrogens (tertiary/aromatic N) is 1. The predicted molar refractivity (Wildman–Crippen MR) is 116 cm³/mol. The summed E-state index contributed by atoms with van der Waals surface area (Å²) >= 11 is 0. The van der Waals surface area contributed by atoms with Crippen LogP contribution in [0.1, 0.15) is 21.5 Å². The van der Waals surface area contributed by atoms with Crippen LogP contribution in [-0.4, -0.2) is 32.1 Å². The zero-order valence-corrected chi connectivity index (χ0v) is 17.3. The Bertz CT molecular complexity index is 750. The Labute approximate surface area is 171 Å². The van der Waals surface area contributed by atoms with Gasteiger partial charge in [-0.15, -0.1) is 24.0 Å². The van der Waals surface area contributed by atoms with Crippen LogP contribution in [0.3, 0.4) is 0 Å². The van der Waals surface area contributed by atoms with Gasteiger partial charge in [-0.2, -0.15) is 0 Å². The van der Waals surface area contributed by atoms with Gasteiger partial charge in [0, 0.05) is 30.5 Å². The first-order valence-corrected chi connectivity index (χ1v) is 8.09. The molecule has 0 saturated heterocycles. The van der Waals surface area contributed by atoms with E-state index >= 15 is 0 Å². The average Bonchev–Trinajstić information content (AvgIpc) is 2.60. The van der Waals surface area contributed by atoms with Crippen molar-refractivity contribution in [1.29, 1.82) is 0 Å². The summed E-state index contributed by atoms with van der Waals surface area (Å²) in [5.41, 5.74) is 9.45. The van der Waals surface area contributed by atoms with Gasteiger partial charge < -0.3 is 21.1 Å². The van der Waals surface area contributed by atoms with Crippen LogP contribution in [0.4, 0.5) is 5.69 Å². The minimum atomic E-state index is -0.115. The molecule has 4 N–H and O–H groups in total. The smallest absolute Gasteiger partial charge is 0.251 e. The molecule has 7 heteroatoms. The number of aliphatic imine (C=N–C) groups is 1. The molecule has 2 rings (SSSR count). The van der Waals surface area contributed by atoms with Crippen molar-refractivity contribution >= 4 is 41.5 Å². The molecule has 140 valence electrons. The minimum Gasteiger partial charge on any atom is -0.380 e. The molecule has 0 unspecified atom stereocenters. The van der Waals surface area contributed by atoms with E-state index in [-0.39, 0.29) is 29.9 Å². The van der Waals surface area contributed by atoms with Gasteiger partial charge in [-0.1, -0.05) is 35.9 Å². The van der Waals surface area contributed by atoms with Crippen LogP contribution >= 0.6 is 24.0 Å². The van der Waals surface area contributed by atoms with Gasteiger partial charge in [0.2, 0.25) is 0 Å². The number of rotatable bonds is 7. The second-order valence-electron chi connectivity index (χ2n) is 5.61. The lowest BCUT2D eigenvalue weighted by Gasteiger charge is -2.11. The maximum absolute atomic E-state index is 12.0. The van der Waals surface area contributed by atoms with Gasteiger partial charge in [0.1, 0.15) is 0 Å². The fourth-order valence-electron chi connectivity index (χ4n) is 2.34. The number of aryl methyl sites for hydroxylation is 1. The zero-order valence-electron chi connectivity index (χ0n) is 15.0. The monoisotopic (exact) mass is 468 g/mol. The molecule has 0 radical (unpaired) electrons. The Kier molecular flexibility index (Phi) is 9.67. The fourth-order valence-corrected chi connectivity index (χ4v) is 2.34. The normalized spacial score (nSPS) is 10.8. The van der Waals surface area contributed by atoms with Gasteiger partial charge in [0.15, 0.2) is 5.96 Å². The van der Waals surface area contributed by atoms with Crippen molar-refractivity contribution in [3.05, 3.63) is 65.2 Å². The van der Waals surface area contributed by atoms with Crippen LogP contribution in [0.5, 0.6) is 0 Å². The number of carbonyl (C=O) groups is 1. The van der Waals surface area contributed by atoms with Gasteiger partial charge in [0.05, 0.1) is 13.2 Å². The summed E-state index contributed by atoms with van der Waals surface area (Å²) in [5, 5.41) is 5.89. The largest absolute Gasteiger partial charge is 0.380 e. The molecule has 0 bridgehead atoms. The number of carbonyl (C=O) groups excluding carboxylic acids is 1. The van der Waals surface area contributed by atoms with Crippen molar-refractivity contribution in [3.8, 4) is 0 Å². The van der Waals surface area contributed by atoms with Crippen LogP contribution in [-0.2, 0) is 11.3 Å². The molecule has 2 aromatic rings. The van der Waals surface area contributed by atoms with E-state index in [1.165, 1.54) is 0 Å². The van der Waals surface area contributed by atoms with E-state index in [2.05, 4.69) is 15.6 Å². The summed E-state index contributed by atoms with van der Waals surface area (Å²) in [7, 11) is 1.64. The second kappa shape index (κ2) is 11.5. The van der Waals surface area contributed by atoms with Gasteiger partial charge in [-0.05, 0) is 25.1 Å². The number of amides is 1. The topological polar surface area (TPSA) is 88.7 Å². The first-order chi connectivity index (χ1) is 12.1. The number of halogens is 1. The Morgan fingerprint density at radius 1 is 1.19 bits per heavy atom. The number of ether oxygens (including phenoxy) is 1. The van der Waals surface area contributed by atoms with Gasteiger partial charge in [-0.3, -0.25) is 9.79 Å². The molecule has 1 amide bonds. The van der Waals surface area contributed by atoms with Gasteiger partial charge >= 0.3 is 0 Å². The number of anilines is 1. The molecule has 0 fully saturated rings. The predicted octanol–water partition coefficient (Wildman–Crippen LogP) is 2.92. The Hall–Kier alpha value is -2.13. The third-order valence-electron chi connectivity index (χ3n) is 3.54. The lowest BCUT2D eigenvalue weighted by Crippen LogP contribution is -2.28. The van der Waals surface area contributed by atoms with Crippen LogP contribution in [0.25, 0.3) is 0 Å². The maximum Gasteiger partial charge on any atom is 0.251 e. The molecule has 0 heterocycles. The number of benzene rings is 2. The molecule has 0 saturated carbocycles. The average molecular weight is 468 g/mol. The number of guanidine groups is 1. The molecule has 26 heavy (non-hydrogen) atoms. The number of para-hydroxylation sites is 1. The van der Waals surface area contributed by atoms with E-state index in [0.717, 1.165) is 16.8 Å². The van der Waals surface area contributed by atoms with Crippen molar-refractivity contribution in [3.63, 3.8) is 0 Å². The number of nitrogens with two attached hydrogens (primary N) is 1. The Morgan fingerprint density at radius 2 is 1.96 bits per heavy atom. The Morgan fingerprint density at radius 3 is 2.69 bits per heavy atom. The van der Waals surface area contributed by atoms with Crippen molar-refractivity contribution < 1.29 is 9.53 Å². The zero-order chi connectivity index (χ0) is 18.1. The molecule has 0 aliphatic carbocycles. The molecule has 0 aliphatic heterocycles. The molecule has 2 aromatic carbocycles. The molecule has 0 aliphatic rings. The molecule has 0 atom stereocenters. The van der Waals surface area contributed by atoms with Crippen LogP contribution in [0, 0.1) is 6.92 Å². The quantitative estimate of drug-likeness (QED) is 0.252. The standard InChI is InChI=1S/C19H24N4O2.HI/c1-14-6-5-8-15(12-14)18(24)21-10-11-22-19(20)23-17-9-4-3-7-16(17)13-25-2;/h3-9,12H,10-11,13H2,1-2H3,(H,21,24)(H3,20,22,23);1H. The number of hydrogen-bond acceptors (Lipinski definition) is 3. The molecule has 0 aromatic heterocycles. The van der Waals surface area contributed by atoms with Gasteiger partial charge in [-0.25, -0.2) is 0 Å². The summed E-state index contributed by atoms with van der Waals surface area (Å²) in [6.07, 6.45) is 0. The number of hydrogen-bond donors (Lipinski definition) is 3. The third-order valence-corrected chi connectivity index (χ3v) is 3.54. The lowest BCUT2D eigenvalue weighted by atomic mass is 10.1. The van der Waals surface area contributed by atoms with Crippen molar-refractivity contribution in [2.45, 2.75) is 13.5 Å². The van der Waals surface area contributed by atoms with E-state index in [1.807, 2.05) is 49.4 Å². The minimum absolute atomic E-state index is 0. The summed E-state index contributed by atoms with van der Waals surface area (Å²) < 4.78 is 5.16. The SMILES string of the molecule is COCc1ccccc1NC(N)=NCCNC(=O)c1cccc(C)c1.I. The highest BCUT2D eigenvalue weighted by Gasteiger charge is 2.05. The Balaban J connectivity index is 0.00000338. The van der Waals surface area contributed by atoms with Crippen molar-refractivity contribution in [2.24, 2.45) is 10.7 Å².